The monoisotopic (exact) mass is 627 g/mol. The van der Waals surface area contributed by atoms with Gasteiger partial charge in [-0.05, 0) is 18.6 Å². The van der Waals surface area contributed by atoms with Crippen molar-refractivity contribution in [2.75, 3.05) is 26.4 Å². The van der Waals surface area contributed by atoms with Crippen LogP contribution in [0.5, 0.6) is 0 Å². The fraction of sp³-hybridized carbons (Fsp3) is 0.657. The van der Waals surface area contributed by atoms with Crippen molar-refractivity contribution in [3.8, 4) is 0 Å². The summed E-state index contributed by atoms with van der Waals surface area (Å²) in [5, 5.41) is 5.53. The predicted octanol–water partition coefficient (Wildman–Crippen LogP) is 8.35. The minimum Gasteiger partial charge on any atom is -0.447 e. The Balaban J connectivity index is 1.28. The molecule has 0 bridgehead atoms. The minimum atomic E-state index is -0.701. The van der Waals surface area contributed by atoms with E-state index in [9.17, 15) is 14.4 Å². The number of rotatable bonds is 25. The van der Waals surface area contributed by atoms with Crippen LogP contribution in [0.3, 0.4) is 0 Å². The van der Waals surface area contributed by atoms with Crippen LogP contribution in [0.15, 0.2) is 35.8 Å². The van der Waals surface area contributed by atoms with Crippen LogP contribution in [0, 0.1) is 0 Å². The summed E-state index contributed by atoms with van der Waals surface area (Å²) < 4.78 is 11.3. The van der Waals surface area contributed by atoms with E-state index in [1.54, 1.807) is 30.5 Å². The maximum absolute atomic E-state index is 13.1. The molecule has 1 aromatic heterocycles. The molecule has 0 fully saturated rings. The van der Waals surface area contributed by atoms with Crippen LogP contribution in [0.4, 0.5) is 4.79 Å². The number of aromatic nitrogens is 1. The lowest BCUT2D eigenvalue weighted by molar-refractivity contribution is 0.0215. The summed E-state index contributed by atoms with van der Waals surface area (Å²) in [5.41, 5.74) is 0.737. The Morgan fingerprint density at radius 2 is 1.36 bits per heavy atom. The summed E-state index contributed by atoms with van der Waals surface area (Å²) in [6.07, 6.45) is 22.7. The third-order valence-corrected chi connectivity index (χ3v) is 8.98. The number of unbranched alkanes of at least 4 members (excludes halogenated alkanes) is 15. The van der Waals surface area contributed by atoms with Gasteiger partial charge < -0.3 is 14.8 Å². The number of carbonyl (C=O) groups is 3. The molecule has 0 aliphatic carbocycles. The number of hydrogen-bond donors (Lipinski definition) is 1. The van der Waals surface area contributed by atoms with Crippen LogP contribution in [-0.2, 0) is 15.9 Å². The molecule has 1 aliphatic heterocycles. The van der Waals surface area contributed by atoms with Crippen molar-refractivity contribution in [3.63, 3.8) is 0 Å². The SMILES string of the molecule is CCCCCCCCCCCCCCCCCCOCC(COC(=O)NCCc1nccs1)N1C(=O)c2ccccc2C1=O. The topological polar surface area (TPSA) is 97.8 Å². The summed E-state index contributed by atoms with van der Waals surface area (Å²) in [6.45, 7) is 3.19. The number of nitrogens with one attached hydrogen (secondary N) is 1. The fourth-order valence-corrected chi connectivity index (χ4v) is 6.20. The van der Waals surface area contributed by atoms with E-state index in [4.69, 9.17) is 9.47 Å². The van der Waals surface area contributed by atoms with E-state index >= 15 is 0 Å². The van der Waals surface area contributed by atoms with E-state index < -0.39 is 12.1 Å². The molecule has 0 radical (unpaired) electrons. The van der Waals surface area contributed by atoms with E-state index in [1.807, 2.05) is 5.38 Å². The zero-order chi connectivity index (χ0) is 31.2. The third-order valence-electron chi connectivity index (χ3n) is 8.14. The second kappa shape index (κ2) is 21.8. The van der Waals surface area contributed by atoms with Crippen LogP contribution in [-0.4, -0.2) is 60.2 Å². The van der Waals surface area contributed by atoms with Crippen molar-refractivity contribution in [2.45, 2.75) is 122 Å². The largest absolute Gasteiger partial charge is 0.447 e. The summed E-state index contributed by atoms with van der Waals surface area (Å²) in [6, 6.07) is 6.07. The molecule has 1 aliphatic rings. The van der Waals surface area contributed by atoms with E-state index in [0.29, 0.717) is 30.7 Å². The number of fused-ring (bicyclic) bond motifs is 1. The van der Waals surface area contributed by atoms with Crippen LogP contribution >= 0.6 is 11.3 Å². The Morgan fingerprint density at radius 3 is 1.89 bits per heavy atom. The third kappa shape index (κ3) is 13.1. The summed E-state index contributed by atoms with van der Waals surface area (Å²) >= 11 is 1.53. The molecule has 244 valence electrons. The molecule has 2 heterocycles. The first-order chi connectivity index (χ1) is 21.6. The van der Waals surface area contributed by atoms with Gasteiger partial charge in [0.25, 0.3) is 11.8 Å². The normalized spacial score (nSPS) is 13.3. The molecule has 9 heteroatoms. The van der Waals surface area contributed by atoms with Gasteiger partial charge in [0.1, 0.15) is 6.61 Å². The highest BCUT2D eigenvalue weighted by Gasteiger charge is 2.40. The number of ether oxygens (including phenoxy) is 2. The molecule has 1 aromatic carbocycles. The fourth-order valence-electron chi connectivity index (χ4n) is 5.58. The zero-order valence-electron chi connectivity index (χ0n) is 26.7. The molecule has 0 spiro atoms. The van der Waals surface area contributed by atoms with Crippen molar-refractivity contribution < 1.29 is 23.9 Å². The first kappa shape index (κ1) is 35.7. The van der Waals surface area contributed by atoms with Gasteiger partial charge in [-0.25, -0.2) is 9.78 Å². The van der Waals surface area contributed by atoms with Crippen molar-refractivity contribution in [3.05, 3.63) is 52.0 Å². The number of hydrogen-bond acceptors (Lipinski definition) is 7. The van der Waals surface area contributed by atoms with E-state index in [-0.39, 0.29) is 25.0 Å². The van der Waals surface area contributed by atoms with Crippen LogP contribution in [0.25, 0.3) is 0 Å². The quantitative estimate of drug-likeness (QED) is 0.0878. The molecule has 2 aromatic rings. The number of nitrogens with zero attached hydrogens (tertiary/aromatic N) is 2. The first-order valence-electron chi connectivity index (χ1n) is 17.0. The summed E-state index contributed by atoms with van der Waals surface area (Å²) in [5.74, 6) is -0.760. The van der Waals surface area contributed by atoms with Crippen LogP contribution < -0.4 is 5.32 Å². The highest BCUT2D eigenvalue weighted by atomic mass is 32.1. The molecule has 1 atom stereocenters. The molecule has 3 rings (SSSR count). The predicted molar refractivity (Wildman–Crippen MR) is 176 cm³/mol. The standard InChI is InChI=1S/C35H53N3O5S/c1-2-3-4-5-6-7-8-9-10-11-12-13-14-15-16-19-25-42-27-29(28-43-35(41)37-23-22-32-36-24-26-44-32)38-33(39)30-20-17-18-21-31(30)34(38)40/h17-18,20-21,24,26,29H,2-16,19,22-23,25,27-28H2,1H3,(H,37,41). The lowest BCUT2D eigenvalue weighted by Crippen LogP contribution is -2.46. The average molecular weight is 628 g/mol. The van der Waals surface area contributed by atoms with Crippen molar-refractivity contribution in [2.24, 2.45) is 0 Å². The number of amides is 3. The number of imide groups is 1. The summed E-state index contributed by atoms with van der Waals surface area (Å²) in [4.78, 5) is 43.9. The van der Waals surface area contributed by atoms with Gasteiger partial charge in [-0.3, -0.25) is 14.5 Å². The van der Waals surface area contributed by atoms with Crippen molar-refractivity contribution in [1.82, 2.24) is 15.2 Å². The van der Waals surface area contributed by atoms with Crippen LogP contribution in [0.1, 0.15) is 135 Å². The van der Waals surface area contributed by atoms with Gasteiger partial charge >= 0.3 is 6.09 Å². The first-order valence-corrected chi connectivity index (χ1v) is 17.8. The molecule has 1 N–H and O–H groups in total. The van der Waals surface area contributed by atoms with E-state index in [2.05, 4.69) is 17.2 Å². The Morgan fingerprint density at radius 1 is 0.818 bits per heavy atom. The molecular formula is C35H53N3O5S. The smallest absolute Gasteiger partial charge is 0.407 e. The number of carbonyl (C=O) groups excluding carboxylic acids is 3. The van der Waals surface area contributed by atoms with E-state index in [0.717, 1.165) is 17.8 Å². The number of alkyl carbamates (subject to hydrolysis) is 1. The Kier molecular flexibility index (Phi) is 17.7. The molecule has 0 saturated heterocycles. The van der Waals surface area contributed by atoms with Gasteiger partial charge in [-0.1, -0.05) is 115 Å². The highest BCUT2D eigenvalue weighted by molar-refractivity contribution is 7.09. The Hall–Kier alpha value is -2.78. The molecule has 8 nitrogen and oxygen atoms in total. The number of thiazole rings is 1. The molecule has 1 unspecified atom stereocenters. The maximum Gasteiger partial charge on any atom is 0.407 e. The van der Waals surface area contributed by atoms with Crippen molar-refractivity contribution >= 4 is 29.2 Å². The molecule has 3 amide bonds. The van der Waals surface area contributed by atoms with Gasteiger partial charge in [-0.2, -0.15) is 0 Å². The Labute approximate surface area is 268 Å². The molecule has 0 saturated carbocycles. The van der Waals surface area contributed by atoms with Gasteiger partial charge in [-0.15, -0.1) is 11.3 Å². The molecular weight excluding hydrogens is 574 g/mol. The van der Waals surface area contributed by atoms with Gasteiger partial charge in [0, 0.05) is 31.1 Å². The summed E-state index contributed by atoms with van der Waals surface area (Å²) in [7, 11) is 0. The van der Waals surface area contributed by atoms with E-state index in [1.165, 1.54) is 106 Å². The minimum absolute atomic E-state index is 0.122. The Bertz CT molecular complexity index is 1060. The second-order valence-corrected chi connectivity index (χ2v) is 12.7. The average Bonchev–Trinajstić information content (AvgIpc) is 3.64. The second-order valence-electron chi connectivity index (χ2n) is 11.8. The van der Waals surface area contributed by atoms with Crippen molar-refractivity contribution in [1.29, 1.82) is 0 Å². The highest BCUT2D eigenvalue weighted by Crippen LogP contribution is 2.25. The van der Waals surface area contributed by atoms with Crippen LogP contribution in [0.2, 0.25) is 0 Å². The van der Waals surface area contributed by atoms with Gasteiger partial charge in [0.15, 0.2) is 0 Å². The lowest BCUT2D eigenvalue weighted by atomic mass is 10.0. The molecule has 44 heavy (non-hydrogen) atoms. The van der Waals surface area contributed by atoms with Gasteiger partial charge in [0.2, 0.25) is 0 Å². The van der Waals surface area contributed by atoms with Gasteiger partial charge in [0.05, 0.1) is 28.8 Å². The maximum atomic E-state index is 13.1. The lowest BCUT2D eigenvalue weighted by Gasteiger charge is -2.26. The zero-order valence-corrected chi connectivity index (χ0v) is 27.6. The number of benzene rings is 1.